The average Bonchev–Trinajstić information content (AvgIpc) is 2.62. The zero-order valence-corrected chi connectivity index (χ0v) is 14.6. The van der Waals surface area contributed by atoms with Gasteiger partial charge in [0.25, 0.3) is 10.0 Å². The highest BCUT2D eigenvalue weighted by Crippen LogP contribution is 2.48. The normalized spacial score (nSPS) is 14.5. The Balaban J connectivity index is 1.95. The molecule has 0 bridgehead atoms. The molecule has 3 aromatic carbocycles. The molecule has 0 amide bonds. The summed E-state index contributed by atoms with van der Waals surface area (Å²) in [6, 6.07) is 11.8. The van der Waals surface area contributed by atoms with Gasteiger partial charge in [-0.05, 0) is 42.0 Å². The van der Waals surface area contributed by atoms with Crippen molar-refractivity contribution in [1.29, 1.82) is 0 Å². The van der Waals surface area contributed by atoms with Gasteiger partial charge in [-0.1, -0.05) is 12.1 Å². The van der Waals surface area contributed by atoms with Crippen LogP contribution in [0.3, 0.4) is 0 Å². The van der Waals surface area contributed by atoms with Crippen LogP contribution >= 0.6 is 0 Å². The molecule has 0 radical (unpaired) electrons. The number of anilines is 1. The molecule has 0 fully saturated rings. The van der Waals surface area contributed by atoms with E-state index in [1.54, 1.807) is 0 Å². The summed E-state index contributed by atoms with van der Waals surface area (Å²) in [5.41, 5.74) is 1.42. The number of phenols is 3. The van der Waals surface area contributed by atoms with Crippen LogP contribution in [-0.4, -0.2) is 23.7 Å². The minimum atomic E-state index is -4.07. The van der Waals surface area contributed by atoms with Crippen molar-refractivity contribution in [1.82, 2.24) is 0 Å². The number of aromatic hydroxyl groups is 3. The van der Waals surface area contributed by atoms with E-state index in [9.17, 15) is 28.1 Å². The molecule has 3 N–H and O–H groups in total. The predicted octanol–water partition coefficient (Wildman–Crippen LogP) is 3.32. The lowest BCUT2D eigenvalue weighted by molar-refractivity contribution is 0.402. The van der Waals surface area contributed by atoms with Crippen LogP contribution in [0.4, 0.5) is 10.1 Å². The maximum Gasteiger partial charge on any atom is 0.265 e. The SMILES string of the molecule is O=S1(=O)c2cc(O)c(O)cc2-c2cc(O)ccc2N1Cc1ccc(F)cc1. The Morgan fingerprint density at radius 1 is 0.852 bits per heavy atom. The zero-order valence-electron chi connectivity index (χ0n) is 13.8. The van der Waals surface area contributed by atoms with Gasteiger partial charge < -0.3 is 15.3 Å². The summed E-state index contributed by atoms with van der Waals surface area (Å²) >= 11 is 0. The van der Waals surface area contributed by atoms with Gasteiger partial charge in [-0.2, -0.15) is 0 Å². The standard InChI is InChI=1S/C19H14FNO5S/c20-12-3-1-11(2-4-12)10-21-16-6-5-13(22)7-14(16)15-8-17(23)18(24)9-19(15)27(21,25)26/h1-9,22-24H,10H2. The van der Waals surface area contributed by atoms with Gasteiger partial charge >= 0.3 is 0 Å². The minimum absolute atomic E-state index is 0.0680. The second-order valence-corrected chi connectivity index (χ2v) is 8.01. The number of hydrogen-bond donors (Lipinski definition) is 3. The first kappa shape index (κ1) is 17.2. The number of fused-ring (bicyclic) bond motifs is 3. The van der Waals surface area contributed by atoms with E-state index >= 15 is 0 Å². The summed E-state index contributed by atoms with van der Waals surface area (Å²) in [5, 5.41) is 29.5. The van der Waals surface area contributed by atoms with E-state index in [1.807, 2.05) is 0 Å². The Hall–Kier alpha value is -3.26. The number of nitrogens with zero attached hydrogens (tertiary/aromatic N) is 1. The molecule has 0 spiro atoms. The Morgan fingerprint density at radius 2 is 1.52 bits per heavy atom. The molecule has 4 rings (SSSR count). The Labute approximate surface area is 154 Å². The Bertz CT molecular complexity index is 1160. The lowest BCUT2D eigenvalue weighted by Crippen LogP contribution is -2.33. The van der Waals surface area contributed by atoms with Gasteiger partial charge in [0, 0.05) is 17.2 Å². The van der Waals surface area contributed by atoms with E-state index in [0.717, 1.165) is 16.4 Å². The first-order chi connectivity index (χ1) is 12.8. The topological polar surface area (TPSA) is 98.1 Å². The molecule has 27 heavy (non-hydrogen) atoms. The van der Waals surface area contributed by atoms with Crippen LogP contribution in [0.25, 0.3) is 11.1 Å². The monoisotopic (exact) mass is 387 g/mol. The van der Waals surface area contributed by atoms with Crippen LogP contribution < -0.4 is 4.31 Å². The molecular formula is C19H14FNO5S. The number of sulfonamides is 1. The van der Waals surface area contributed by atoms with Gasteiger partial charge in [0.1, 0.15) is 11.6 Å². The molecule has 1 heterocycles. The highest BCUT2D eigenvalue weighted by molar-refractivity contribution is 7.93. The third-order valence-electron chi connectivity index (χ3n) is 4.42. The summed E-state index contributed by atoms with van der Waals surface area (Å²) in [6.07, 6.45) is 0. The summed E-state index contributed by atoms with van der Waals surface area (Å²) in [5.74, 6) is -1.54. The lowest BCUT2D eigenvalue weighted by atomic mass is 10.0. The van der Waals surface area contributed by atoms with Gasteiger partial charge in [-0.15, -0.1) is 0 Å². The molecule has 6 nitrogen and oxygen atoms in total. The molecule has 3 aromatic rings. The van der Waals surface area contributed by atoms with Crippen molar-refractivity contribution < 1.29 is 28.1 Å². The molecule has 8 heteroatoms. The summed E-state index contributed by atoms with van der Waals surface area (Å²) in [6.45, 7) is -0.0680. The van der Waals surface area contributed by atoms with E-state index in [1.165, 1.54) is 42.5 Å². The van der Waals surface area contributed by atoms with E-state index in [0.29, 0.717) is 16.8 Å². The van der Waals surface area contributed by atoms with Crippen molar-refractivity contribution in [2.75, 3.05) is 4.31 Å². The van der Waals surface area contributed by atoms with Crippen molar-refractivity contribution in [3.63, 3.8) is 0 Å². The van der Waals surface area contributed by atoms with Gasteiger partial charge in [-0.3, -0.25) is 4.31 Å². The maximum absolute atomic E-state index is 13.2. The predicted molar refractivity (Wildman–Crippen MR) is 96.6 cm³/mol. The van der Waals surface area contributed by atoms with E-state index in [2.05, 4.69) is 0 Å². The highest BCUT2D eigenvalue weighted by atomic mass is 32.2. The first-order valence-corrected chi connectivity index (χ1v) is 9.38. The fraction of sp³-hybridized carbons (Fsp3) is 0.0526. The van der Waals surface area contributed by atoms with Gasteiger partial charge in [0.15, 0.2) is 11.5 Å². The largest absolute Gasteiger partial charge is 0.508 e. The van der Waals surface area contributed by atoms with Gasteiger partial charge in [0.05, 0.1) is 17.1 Å². The molecule has 1 aliphatic rings. The number of halogens is 1. The molecule has 1 aliphatic heterocycles. The van der Waals surface area contributed by atoms with Crippen LogP contribution in [0.15, 0.2) is 59.5 Å². The minimum Gasteiger partial charge on any atom is -0.508 e. The van der Waals surface area contributed by atoms with Crippen molar-refractivity contribution in [3.8, 4) is 28.4 Å². The number of benzene rings is 3. The fourth-order valence-corrected chi connectivity index (χ4v) is 4.79. The van der Waals surface area contributed by atoms with Crippen molar-refractivity contribution in [2.45, 2.75) is 11.4 Å². The number of hydrogen-bond acceptors (Lipinski definition) is 5. The van der Waals surface area contributed by atoms with Gasteiger partial charge in [0.2, 0.25) is 0 Å². The summed E-state index contributed by atoms with van der Waals surface area (Å²) in [4.78, 5) is -0.196. The second-order valence-electron chi connectivity index (χ2n) is 6.18. The number of phenolic OH excluding ortho intramolecular Hbond substituents is 3. The Morgan fingerprint density at radius 3 is 2.22 bits per heavy atom. The zero-order chi connectivity index (χ0) is 19.3. The third-order valence-corrected chi connectivity index (χ3v) is 6.22. The van der Waals surface area contributed by atoms with Crippen molar-refractivity contribution >= 4 is 15.7 Å². The van der Waals surface area contributed by atoms with Crippen LogP contribution in [0.5, 0.6) is 17.2 Å². The second kappa shape index (κ2) is 5.88. The van der Waals surface area contributed by atoms with E-state index < -0.39 is 27.3 Å². The van der Waals surface area contributed by atoms with Crippen LogP contribution in [0.2, 0.25) is 0 Å². The van der Waals surface area contributed by atoms with E-state index in [-0.39, 0.29) is 22.8 Å². The molecule has 0 aromatic heterocycles. The smallest absolute Gasteiger partial charge is 0.265 e. The van der Waals surface area contributed by atoms with Crippen molar-refractivity contribution in [2.24, 2.45) is 0 Å². The first-order valence-electron chi connectivity index (χ1n) is 7.94. The molecule has 0 unspecified atom stereocenters. The molecule has 0 saturated carbocycles. The van der Waals surface area contributed by atoms with Crippen LogP contribution in [-0.2, 0) is 16.6 Å². The molecule has 0 aliphatic carbocycles. The van der Waals surface area contributed by atoms with Crippen molar-refractivity contribution in [3.05, 3.63) is 66.0 Å². The maximum atomic E-state index is 13.2. The number of rotatable bonds is 2. The molecular weight excluding hydrogens is 373 g/mol. The van der Waals surface area contributed by atoms with E-state index in [4.69, 9.17) is 0 Å². The molecule has 0 saturated heterocycles. The van der Waals surface area contributed by atoms with Crippen LogP contribution in [0.1, 0.15) is 5.56 Å². The van der Waals surface area contributed by atoms with Gasteiger partial charge in [-0.25, -0.2) is 12.8 Å². The highest BCUT2D eigenvalue weighted by Gasteiger charge is 2.36. The molecule has 138 valence electrons. The quantitative estimate of drug-likeness (QED) is 0.586. The summed E-state index contributed by atoms with van der Waals surface area (Å²) in [7, 11) is -4.07. The summed E-state index contributed by atoms with van der Waals surface area (Å²) < 4.78 is 40.7. The fourth-order valence-electron chi connectivity index (χ4n) is 3.11. The Kier molecular flexibility index (Phi) is 3.74. The lowest BCUT2D eigenvalue weighted by Gasteiger charge is -2.32. The third kappa shape index (κ3) is 2.74. The average molecular weight is 387 g/mol. The van der Waals surface area contributed by atoms with Crippen LogP contribution in [0, 0.1) is 5.82 Å². The molecule has 0 atom stereocenters.